The van der Waals surface area contributed by atoms with Crippen LogP contribution < -0.4 is 14.8 Å². The molecule has 0 atom stereocenters. The van der Waals surface area contributed by atoms with Gasteiger partial charge in [0.25, 0.3) is 0 Å². The molecular formula is C21H23NO6. The highest BCUT2D eigenvalue weighted by atomic mass is 16.5. The van der Waals surface area contributed by atoms with Gasteiger partial charge in [0.2, 0.25) is 5.91 Å². The summed E-state index contributed by atoms with van der Waals surface area (Å²) in [6.45, 7) is 1.07. The Balaban J connectivity index is 1.82. The molecule has 2 aromatic carbocycles. The van der Waals surface area contributed by atoms with Crippen molar-refractivity contribution in [2.45, 2.75) is 19.8 Å². The van der Waals surface area contributed by atoms with Crippen LogP contribution in [0.4, 0.5) is 5.69 Å². The molecule has 0 bridgehead atoms. The Kier molecular flexibility index (Phi) is 7.56. The average Bonchev–Trinajstić information content (AvgIpc) is 2.70. The number of esters is 1. The predicted molar refractivity (Wildman–Crippen MR) is 104 cm³/mol. The number of hydrogen-bond donors (Lipinski definition) is 1. The largest absolute Gasteiger partial charge is 0.493 e. The van der Waals surface area contributed by atoms with Crippen LogP contribution in [0.1, 0.15) is 29.3 Å². The minimum atomic E-state index is -0.460. The van der Waals surface area contributed by atoms with Crippen LogP contribution in [0.2, 0.25) is 0 Å². The van der Waals surface area contributed by atoms with Crippen LogP contribution in [0.15, 0.2) is 42.5 Å². The van der Waals surface area contributed by atoms with Crippen molar-refractivity contribution in [1.82, 2.24) is 0 Å². The standard InChI is InChI=1S/C21H23NO6/c1-14(23)22-17-8-6-16(7-9-17)18(24)13-28-21(25)11-5-15-4-10-19(26-2)20(12-15)27-3/h4,6-10,12H,5,11,13H2,1-3H3,(H,22,23). The molecule has 0 heterocycles. The maximum absolute atomic E-state index is 12.1. The van der Waals surface area contributed by atoms with Gasteiger partial charge in [0, 0.05) is 24.6 Å². The molecule has 2 rings (SSSR count). The summed E-state index contributed by atoms with van der Waals surface area (Å²) in [5.74, 6) is 0.240. The predicted octanol–water partition coefficient (Wildman–Crippen LogP) is 3.02. The van der Waals surface area contributed by atoms with Crippen LogP contribution in [0, 0.1) is 0 Å². The quantitative estimate of drug-likeness (QED) is 0.527. The highest BCUT2D eigenvalue weighted by Gasteiger charge is 2.11. The van der Waals surface area contributed by atoms with Crippen molar-refractivity contribution in [3.63, 3.8) is 0 Å². The van der Waals surface area contributed by atoms with Crippen LogP contribution in [0.25, 0.3) is 0 Å². The molecule has 148 valence electrons. The molecule has 0 aromatic heterocycles. The molecule has 1 amide bonds. The fraction of sp³-hybridized carbons (Fsp3) is 0.286. The Morgan fingerprint density at radius 1 is 0.929 bits per heavy atom. The summed E-state index contributed by atoms with van der Waals surface area (Å²) >= 11 is 0. The Morgan fingerprint density at radius 2 is 1.61 bits per heavy atom. The number of Topliss-reactive ketones (excluding diaryl/α,β-unsaturated/α-hetero) is 1. The zero-order valence-corrected chi connectivity index (χ0v) is 16.1. The van der Waals surface area contributed by atoms with Gasteiger partial charge in [-0.25, -0.2) is 0 Å². The van der Waals surface area contributed by atoms with Crippen LogP contribution >= 0.6 is 0 Å². The molecule has 0 aliphatic heterocycles. The number of ether oxygens (including phenoxy) is 3. The summed E-state index contributed by atoms with van der Waals surface area (Å²) in [6, 6.07) is 11.8. The number of rotatable bonds is 9. The van der Waals surface area contributed by atoms with E-state index in [-0.39, 0.29) is 24.7 Å². The van der Waals surface area contributed by atoms with Gasteiger partial charge in [-0.1, -0.05) is 6.07 Å². The summed E-state index contributed by atoms with van der Waals surface area (Å²) in [7, 11) is 3.10. The molecule has 7 nitrogen and oxygen atoms in total. The number of benzene rings is 2. The molecule has 0 fully saturated rings. The third-order valence-electron chi connectivity index (χ3n) is 3.96. The number of aryl methyl sites for hydroxylation is 1. The second-order valence-corrected chi connectivity index (χ2v) is 6.03. The van der Waals surface area contributed by atoms with Crippen LogP contribution in [0.3, 0.4) is 0 Å². The molecule has 0 aliphatic carbocycles. The van der Waals surface area contributed by atoms with Gasteiger partial charge >= 0.3 is 5.97 Å². The van der Waals surface area contributed by atoms with Crippen LogP contribution in [-0.4, -0.2) is 38.5 Å². The number of carbonyl (C=O) groups excluding carboxylic acids is 3. The highest BCUT2D eigenvalue weighted by molar-refractivity contribution is 5.98. The minimum Gasteiger partial charge on any atom is -0.493 e. The van der Waals surface area contributed by atoms with Gasteiger partial charge in [-0.3, -0.25) is 14.4 Å². The number of amides is 1. The lowest BCUT2D eigenvalue weighted by atomic mass is 10.1. The second-order valence-electron chi connectivity index (χ2n) is 6.03. The van der Waals surface area contributed by atoms with Gasteiger partial charge in [-0.05, 0) is 48.4 Å². The maximum Gasteiger partial charge on any atom is 0.306 e. The minimum absolute atomic E-state index is 0.143. The molecular weight excluding hydrogens is 362 g/mol. The SMILES string of the molecule is COc1ccc(CCC(=O)OCC(=O)c2ccc(NC(C)=O)cc2)cc1OC. The zero-order chi connectivity index (χ0) is 20.5. The summed E-state index contributed by atoms with van der Waals surface area (Å²) in [5.41, 5.74) is 1.90. The molecule has 1 N–H and O–H groups in total. The van der Waals surface area contributed by atoms with E-state index in [4.69, 9.17) is 14.2 Å². The lowest BCUT2D eigenvalue weighted by Gasteiger charge is -2.09. The topological polar surface area (TPSA) is 90.9 Å². The van der Waals surface area contributed by atoms with E-state index in [1.165, 1.54) is 6.92 Å². The van der Waals surface area contributed by atoms with Crippen molar-refractivity contribution in [3.8, 4) is 11.5 Å². The normalized spacial score (nSPS) is 10.1. The van der Waals surface area contributed by atoms with E-state index in [2.05, 4.69) is 5.32 Å². The first-order valence-electron chi connectivity index (χ1n) is 8.70. The van der Waals surface area contributed by atoms with Crippen molar-refractivity contribution in [2.75, 3.05) is 26.1 Å². The second kappa shape index (κ2) is 10.1. The maximum atomic E-state index is 12.1. The monoisotopic (exact) mass is 385 g/mol. The van der Waals surface area contributed by atoms with Crippen molar-refractivity contribution in [2.24, 2.45) is 0 Å². The molecule has 0 radical (unpaired) electrons. The fourth-order valence-corrected chi connectivity index (χ4v) is 2.53. The molecule has 7 heteroatoms. The van der Waals surface area contributed by atoms with Gasteiger partial charge in [0.05, 0.1) is 14.2 Å². The average molecular weight is 385 g/mol. The van der Waals surface area contributed by atoms with Gasteiger partial charge in [-0.2, -0.15) is 0 Å². The van der Waals surface area contributed by atoms with Gasteiger partial charge in [-0.15, -0.1) is 0 Å². The fourth-order valence-electron chi connectivity index (χ4n) is 2.53. The lowest BCUT2D eigenvalue weighted by Crippen LogP contribution is -2.14. The third-order valence-corrected chi connectivity index (χ3v) is 3.96. The zero-order valence-electron chi connectivity index (χ0n) is 16.1. The first-order valence-corrected chi connectivity index (χ1v) is 8.70. The first kappa shape index (κ1) is 21.0. The summed E-state index contributed by atoms with van der Waals surface area (Å²) < 4.78 is 15.5. The molecule has 28 heavy (non-hydrogen) atoms. The van der Waals surface area contributed by atoms with E-state index in [1.54, 1.807) is 50.6 Å². The van der Waals surface area contributed by atoms with Gasteiger partial charge < -0.3 is 19.5 Å². The number of anilines is 1. The third kappa shape index (κ3) is 6.12. The van der Waals surface area contributed by atoms with Crippen molar-refractivity contribution < 1.29 is 28.6 Å². The first-order chi connectivity index (χ1) is 13.4. The molecule has 0 spiro atoms. The molecule has 2 aromatic rings. The van der Waals surface area contributed by atoms with Crippen LogP contribution in [0.5, 0.6) is 11.5 Å². The van der Waals surface area contributed by atoms with E-state index in [0.717, 1.165) is 5.56 Å². The molecule has 0 unspecified atom stereocenters. The Morgan fingerprint density at radius 3 is 2.21 bits per heavy atom. The van der Waals surface area contributed by atoms with E-state index in [1.807, 2.05) is 6.07 Å². The van der Waals surface area contributed by atoms with Crippen molar-refractivity contribution >= 4 is 23.3 Å². The number of nitrogens with one attached hydrogen (secondary N) is 1. The van der Waals surface area contributed by atoms with Crippen molar-refractivity contribution in [3.05, 3.63) is 53.6 Å². The summed E-state index contributed by atoms with van der Waals surface area (Å²) in [6.07, 6.45) is 0.600. The Bertz CT molecular complexity index is 844. The van der Waals surface area contributed by atoms with Crippen molar-refractivity contribution in [1.29, 1.82) is 0 Å². The molecule has 0 aliphatic rings. The molecule has 0 saturated heterocycles. The summed E-state index contributed by atoms with van der Waals surface area (Å²) in [4.78, 5) is 35.0. The van der Waals surface area contributed by atoms with Gasteiger partial charge in [0.15, 0.2) is 23.9 Å². The Labute approximate surface area is 163 Å². The number of hydrogen-bond acceptors (Lipinski definition) is 6. The van der Waals surface area contributed by atoms with E-state index < -0.39 is 5.97 Å². The molecule has 0 saturated carbocycles. The smallest absolute Gasteiger partial charge is 0.306 e. The van der Waals surface area contributed by atoms with E-state index in [0.29, 0.717) is 29.2 Å². The van der Waals surface area contributed by atoms with E-state index in [9.17, 15) is 14.4 Å². The Hall–Kier alpha value is -3.35. The van der Waals surface area contributed by atoms with E-state index >= 15 is 0 Å². The number of methoxy groups -OCH3 is 2. The van der Waals surface area contributed by atoms with Crippen LogP contribution in [-0.2, 0) is 20.7 Å². The highest BCUT2D eigenvalue weighted by Crippen LogP contribution is 2.28. The summed E-state index contributed by atoms with van der Waals surface area (Å²) in [5, 5.41) is 2.62. The number of carbonyl (C=O) groups is 3. The lowest BCUT2D eigenvalue weighted by molar-refractivity contribution is -0.142. The van der Waals surface area contributed by atoms with Gasteiger partial charge in [0.1, 0.15) is 0 Å². The number of ketones is 1.